The minimum atomic E-state index is -0.285. The van der Waals surface area contributed by atoms with Gasteiger partial charge in [0.1, 0.15) is 0 Å². The number of imide groups is 1. The van der Waals surface area contributed by atoms with E-state index >= 15 is 0 Å². The summed E-state index contributed by atoms with van der Waals surface area (Å²) in [5, 5.41) is 0. The Balaban J connectivity index is 1.13. The molecule has 3 aromatic carbocycles. The van der Waals surface area contributed by atoms with Crippen LogP contribution in [0.2, 0.25) is 0 Å². The van der Waals surface area contributed by atoms with E-state index < -0.39 is 0 Å². The molecule has 2 amide bonds. The number of ketones is 1. The first-order valence-corrected chi connectivity index (χ1v) is 12.1. The molecule has 1 aliphatic heterocycles. The Bertz CT molecular complexity index is 1200. The van der Waals surface area contributed by atoms with Gasteiger partial charge in [-0.25, -0.2) is 4.90 Å². The van der Waals surface area contributed by atoms with Crippen LogP contribution in [-0.2, 0) is 22.4 Å². The Hall–Kier alpha value is -4.05. The standard InChI is InChI=1S/C31H29NO3/c33-29(27-10-6-3-7-11-27)21-18-26-14-12-24(13-15-26)8-4-1-2-5-9-25-16-19-28(20-17-25)32-30(34)22-23-31(32)35/h3,6-7,10-23H,1-2,4-5,8-9H2/b21-18+. The van der Waals surface area contributed by atoms with Crippen LogP contribution < -0.4 is 4.90 Å². The summed E-state index contributed by atoms with van der Waals surface area (Å²) in [5.74, 6) is -0.557. The molecule has 0 unspecified atom stereocenters. The van der Waals surface area contributed by atoms with Gasteiger partial charge in [0.25, 0.3) is 11.8 Å². The first-order chi connectivity index (χ1) is 17.1. The molecule has 0 atom stereocenters. The van der Waals surface area contributed by atoms with Gasteiger partial charge >= 0.3 is 0 Å². The highest BCUT2D eigenvalue weighted by Crippen LogP contribution is 2.20. The van der Waals surface area contributed by atoms with Gasteiger partial charge in [-0.15, -0.1) is 0 Å². The van der Waals surface area contributed by atoms with Crippen LogP contribution >= 0.6 is 0 Å². The zero-order chi connectivity index (χ0) is 24.5. The van der Waals surface area contributed by atoms with Crippen molar-refractivity contribution < 1.29 is 14.4 Å². The predicted octanol–water partition coefficient (Wildman–Crippen LogP) is 6.36. The van der Waals surface area contributed by atoms with Gasteiger partial charge in [-0.2, -0.15) is 0 Å². The number of aryl methyl sites for hydroxylation is 2. The van der Waals surface area contributed by atoms with Crippen LogP contribution in [0.5, 0.6) is 0 Å². The molecule has 176 valence electrons. The van der Waals surface area contributed by atoms with Gasteiger partial charge in [-0.1, -0.05) is 85.6 Å². The number of hydrogen-bond donors (Lipinski definition) is 0. The van der Waals surface area contributed by atoms with E-state index in [9.17, 15) is 14.4 Å². The number of rotatable bonds is 11. The maximum absolute atomic E-state index is 12.2. The number of carbonyl (C=O) groups excluding carboxylic acids is 3. The van der Waals surface area contributed by atoms with Crippen molar-refractivity contribution in [1.82, 2.24) is 0 Å². The third-order valence-corrected chi connectivity index (χ3v) is 6.15. The lowest BCUT2D eigenvalue weighted by Crippen LogP contribution is -2.29. The average Bonchev–Trinajstić information content (AvgIpc) is 3.24. The van der Waals surface area contributed by atoms with Gasteiger partial charge < -0.3 is 0 Å². The fraction of sp³-hybridized carbons (Fsp3) is 0.194. The van der Waals surface area contributed by atoms with Gasteiger partial charge in [-0.3, -0.25) is 14.4 Å². The van der Waals surface area contributed by atoms with Gasteiger partial charge in [-0.05, 0) is 60.6 Å². The fourth-order valence-electron chi connectivity index (χ4n) is 4.14. The first-order valence-electron chi connectivity index (χ1n) is 12.1. The van der Waals surface area contributed by atoms with Crippen molar-refractivity contribution in [2.45, 2.75) is 38.5 Å². The lowest BCUT2D eigenvalue weighted by atomic mass is 10.0. The number of unbranched alkanes of at least 4 members (excludes halogenated alkanes) is 3. The van der Waals surface area contributed by atoms with Crippen molar-refractivity contribution in [3.63, 3.8) is 0 Å². The van der Waals surface area contributed by atoms with Crippen molar-refractivity contribution in [2.75, 3.05) is 4.90 Å². The molecule has 0 aromatic heterocycles. The number of anilines is 1. The minimum Gasteiger partial charge on any atom is -0.289 e. The highest BCUT2D eigenvalue weighted by molar-refractivity contribution is 6.28. The third-order valence-electron chi connectivity index (χ3n) is 6.15. The van der Waals surface area contributed by atoms with E-state index in [2.05, 4.69) is 24.3 Å². The van der Waals surface area contributed by atoms with Crippen LogP contribution in [0.1, 0.15) is 52.7 Å². The van der Waals surface area contributed by atoms with Gasteiger partial charge in [0.2, 0.25) is 0 Å². The molecule has 35 heavy (non-hydrogen) atoms. The molecule has 0 N–H and O–H groups in total. The molecule has 0 radical (unpaired) electrons. The van der Waals surface area contributed by atoms with Crippen LogP contribution in [-0.4, -0.2) is 17.6 Å². The summed E-state index contributed by atoms with van der Waals surface area (Å²) in [7, 11) is 0. The lowest BCUT2D eigenvalue weighted by Gasteiger charge is -2.14. The van der Waals surface area contributed by atoms with E-state index in [0.29, 0.717) is 11.3 Å². The Kier molecular flexibility index (Phi) is 8.18. The molecule has 0 saturated carbocycles. The number of benzene rings is 3. The maximum Gasteiger partial charge on any atom is 0.258 e. The van der Waals surface area contributed by atoms with Crippen LogP contribution in [0.3, 0.4) is 0 Å². The molecule has 0 bridgehead atoms. The van der Waals surface area contributed by atoms with Crippen LogP contribution in [0, 0.1) is 0 Å². The molecular formula is C31H29NO3. The maximum atomic E-state index is 12.2. The highest BCUT2D eigenvalue weighted by Gasteiger charge is 2.24. The number of nitrogens with zero attached hydrogens (tertiary/aromatic N) is 1. The first kappa shape index (κ1) is 24.1. The molecule has 1 heterocycles. The number of carbonyl (C=O) groups is 3. The van der Waals surface area contributed by atoms with E-state index in [-0.39, 0.29) is 17.6 Å². The van der Waals surface area contributed by atoms with Crippen molar-refractivity contribution in [3.05, 3.63) is 119 Å². The summed E-state index contributed by atoms with van der Waals surface area (Å²) in [5.41, 5.74) is 4.88. The zero-order valence-electron chi connectivity index (χ0n) is 19.7. The summed E-state index contributed by atoms with van der Waals surface area (Å²) in [6, 6.07) is 25.4. The second-order valence-corrected chi connectivity index (χ2v) is 8.73. The Morgan fingerprint density at radius 1 is 0.657 bits per heavy atom. The van der Waals surface area contributed by atoms with Crippen molar-refractivity contribution in [3.8, 4) is 0 Å². The Morgan fingerprint density at radius 3 is 1.77 bits per heavy atom. The third kappa shape index (κ3) is 6.73. The molecule has 0 aliphatic carbocycles. The van der Waals surface area contributed by atoms with Gasteiger partial charge in [0.05, 0.1) is 5.69 Å². The molecule has 4 nitrogen and oxygen atoms in total. The molecule has 0 spiro atoms. The number of amides is 2. The van der Waals surface area contributed by atoms with Gasteiger partial charge in [0.15, 0.2) is 5.78 Å². The van der Waals surface area contributed by atoms with E-state index in [1.165, 1.54) is 34.6 Å². The fourth-order valence-corrected chi connectivity index (χ4v) is 4.14. The summed E-state index contributed by atoms with van der Waals surface area (Å²) in [6.07, 6.45) is 12.7. The predicted molar refractivity (Wildman–Crippen MR) is 140 cm³/mol. The zero-order valence-corrected chi connectivity index (χ0v) is 19.7. The average molecular weight is 464 g/mol. The normalized spacial score (nSPS) is 13.2. The highest BCUT2D eigenvalue weighted by atomic mass is 16.2. The quantitative estimate of drug-likeness (QED) is 0.144. The van der Waals surface area contributed by atoms with Gasteiger partial charge in [0, 0.05) is 17.7 Å². The summed E-state index contributed by atoms with van der Waals surface area (Å²) < 4.78 is 0. The SMILES string of the molecule is O=C(/C=C/c1ccc(CCCCCCc2ccc(N3C(=O)C=CC3=O)cc2)cc1)c1ccccc1. The molecule has 4 heteroatoms. The molecule has 0 saturated heterocycles. The van der Waals surface area contributed by atoms with E-state index in [1.54, 1.807) is 6.08 Å². The van der Waals surface area contributed by atoms with Crippen LogP contribution in [0.25, 0.3) is 6.08 Å². The van der Waals surface area contributed by atoms with Crippen LogP contribution in [0.15, 0.2) is 97.1 Å². The number of hydrogen-bond acceptors (Lipinski definition) is 3. The summed E-state index contributed by atoms with van der Waals surface area (Å²) >= 11 is 0. The van der Waals surface area contributed by atoms with E-state index in [0.717, 1.165) is 37.7 Å². The topological polar surface area (TPSA) is 54.5 Å². The molecule has 4 rings (SSSR count). The molecule has 3 aromatic rings. The lowest BCUT2D eigenvalue weighted by molar-refractivity contribution is -0.119. The van der Waals surface area contributed by atoms with Crippen LogP contribution in [0.4, 0.5) is 5.69 Å². The van der Waals surface area contributed by atoms with E-state index in [1.807, 2.05) is 60.7 Å². The minimum absolute atomic E-state index is 0.0136. The van der Waals surface area contributed by atoms with Crippen molar-refractivity contribution >= 4 is 29.4 Å². The summed E-state index contributed by atoms with van der Waals surface area (Å²) in [4.78, 5) is 36.9. The van der Waals surface area contributed by atoms with Crippen molar-refractivity contribution in [2.24, 2.45) is 0 Å². The van der Waals surface area contributed by atoms with Crippen molar-refractivity contribution in [1.29, 1.82) is 0 Å². The second-order valence-electron chi connectivity index (χ2n) is 8.73. The number of allylic oxidation sites excluding steroid dienone is 1. The Morgan fingerprint density at radius 2 is 1.20 bits per heavy atom. The Labute approximate surface area is 206 Å². The molecule has 0 fully saturated rings. The summed E-state index contributed by atoms with van der Waals surface area (Å²) in [6.45, 7) is 0. The smallest absolute Gasteiger partial charge is 0.258 e. The molecular weight excluding hydrogens is 434 g/mol. The largest absolute Gasteiger partial charge is 0.289 e. The molecule has 1 aliphatic rings. The monoisotopic (exact) mass is 463 g/mol. The van der Waals surface area contributed by atoms with E-state index in [4.69, 9.17) is 0 Å². The second kappa shape index (κ2) is 11.9.